The Morgan fingerprint density at radius 3 is 2.77 bits per heavy atom. The number of H-pyrrole nitrogens is 1. The summed E-state index contributed by atoms with van der Waals surface area (Å²) in [6, 6.07) is 14.1. The van der Waals surface area contributed by atoms with Crippen LogP contribution in [0.25, 0.3) is 28.0 Å². The highest BCUT2D eigenvalue weighted by Crippen LogP contribution is 2.32. The summed E-state index contributed by atoms with van der Waals surface area (Å²) in [4.78, 5) is 25.0. The van der Waals surface area contributed by atoms with Crippen LogP contribution in [-0.4, -0.2) is 52.6 Å². The Labute approximate surface area is 262 Å². The molecule has 0 radical (unpaired) electrons. The van der Waals surface area contributed by atoms with E-state index in [2.05, 4.69) is 56.9 Å². The van der Waals surface area contributed by atoms with Crippen LogP contribution in [0.3, 0.4) is 0 Å². The van der Waals surface area contributed by atoms with Gasteiger partial charge in [-0.1, -0.05) is 44.0 Å². The van der Waals surface area contributed by atoms with Crippen molar-refractivity contribution in [1.29, 1.82) is 0 Å². The van der Waals surface area contributed by atoms with Crippen molar-refractivity contribution in [3.05, 3.63) is 81.1 Å². The summed E-state index contributed by atoms with van der Waals surface area (Å²) >= 11 is 6.29. The zero-order chi connectivity index (χ0) is 30.6. The second-order valence-electron chi connectivity index (χ2n) is 12.4. The summed E-state index contributed by atoms with van der Waals surface area (Å²) in [5, 5.41) is 11.4. The predicted octanol–water partition coefficient (Wildman–Crippen LogP) is 5.93. The molecule has 44 heavy (non-hydrogen) atoms. The molecule has 6 rings (SSSR count). The van der Waals surface area contributed by atoms with Gasteiger partial charge in [-0.2, -0.15) is 4.98 Å². The summed E-state index contributed by atoms with van der Waals surface area (Å²) in [6.45, 7) is 7.81. The Morgan fingerprint density at radius 2 is 2.00 bits per heavy atom. The van der Waals surface area contributed by atoms with Gasteiger partial charge in [-0.25, -0.2) is 9.18 Å². The molecule has 0 spiro atoms. The monoisotopic (exact) mass is 617 g/mol. The third-order valence-corrected chi connectivity index (χ3v) is 8.90. The van der Waals surface area contributed by atoms with Gasteiger partial charge < -0.3 is 20.9 Å². The largest absolute Gasteiger partial charge is 0.371 e. The molecule has 2 aromatic heterocycles. The minimum atomic E-state index is -0.481. The van der Waals surface area contributed by atoms with E-state index < -0.39 is 11.5 Å². The SMILES string of the molecule is CC(C)CCCc1cc(Cl)c(F)c(-c2cc3cn(-c4ccc([C@@H]5CCC[C@@H](CNC6=NCCNC6)N5)cc4)c(=O)nc3[nH]2)c1. The highest BCUT2D eigenvalue weighted by Gasteiger charge is 2.23. The molecule has 4 aromatic rings. The van der Waals surface area contributed by atoms with Crippen LogP contribution < -0.4 is 21.6 Å². The van der Waals surface area contributed by atoms with E-state index in [0.717, 1.165) is 81.8 Å². The Morgan fingerprint density at radius 1 is 1.16 bits per heavy atom. The van der Waals surface area contributed by atoms with Crippen molar-refractivity contribution in [2.75, 3.05) is 26.2 Å². The number of benzene rings is 2. The third kappa shape index (κ3) is 7.06. The number of rotatable bonds is 9. The molecule has 2 aliphatic rings. The number of piperidine rings is 1. The smallest absolute Gasteiger partial charge is 0.354 e. The van der Waals surface area contributed by atoms with Crippen molar-refractivity contribution in [2.45, 2.75) is 64.5 Å². The third-order valence-electron chi connectivity index (χ3n) is 8.63. The lowest BCUT2D eigenvalue weighted by molar-refractivity contribution is 0.323. The van der Waals surface area contributed by atoms with Gasteiger partial charge in [0.2, 0.25) is 0 Å². The molecular weight excluding hydrogens is 577 g/mol. The van der Waals surface area contributed by atoms with Crippen molar-refractivity contribution in [3.8, 4) is 16.9 Å². The van der Waals surface area contributed by atoms with Gasteiger partial charge in [-0.15, -0.1) is 0 Å². The lowest BCUT2D eigenvalue weighted by atomic mass is 9.93. The minimum absolute atomic E-state index is 0.0966. The van der Waals surface area contributed by atoms with E-state index in [4.69, 9.17) is 11.6 Å². The van der Waals surface area contributed by atoms with E-state index in [0.29, 0.717) is 34.3 Å². The topological polar surface area (TPSA) is 99.1 Å². The Balaban J connectivity index is 1.18. The van der Waals surface area contributed by atoms with E-state index in [9.17, 15) is 4.79 Å². The van der Waals surface area contributed by atoms with Crippen LogP contribution in [0.2, 0.25) is 5.02 Å². The zero-order valence-corrected chi connectivity index (χ0v) is 26.2. The molecule has 8 nitrogen and oxygen atoms in total. The van der Waals surface area contributed by atoms with Gasteiger partial charge in [0.25, 0.3) is 0 Å². The molecular formula is C34H41ClFN7O. The Kier molecular flexibility index (Phi) is 9.44. The van der Waals surface area contributed by atoms with Crippen molar-refractivity contribution in [1.82, 2.24) is 30.5 Å². The second-order valence-corrected chi connectivity index (χ2v) is 12.8. The molecule has 0 saturated carbocycles. The summed E-state index contributed by atoms with van der Waals surface area (Å²) in [5.41, 5.74) is 3.86. The Hall–Kier alpha value is -3.53. The van der Waals surface area contributed by atoms with E-state index in [-0.39, 0.29) is 11.1 Å². The lowest BCUT2D eigenvalue weighted by Crippen LogP contribution is -2.47. The standard InChI is InChI=1S/C34H41ClFN7O/c1-21(2)5-3-6-22-15-27(32(36)28(35)16-22)30-17-24-20-43(34(44)42-33(24)41-30)26-11-9-23(10-12-26)29-8-4-7-25(40-29)18-39-31-19-37-13-14-38-31/h9-12,15-17,20-21,25,29,37,40H,3-8,13-14,18-19H2,1-2H3,(H,38,39)(H,41,42,44)/t25-,29-/m0/s1. The number of amidine groups is 1. The maximum Gasteiger partial charge on any atom is 0.354 e. The zero-order valence-electron chi connectivity index (χ0n) is 25.4. The molecule has 1 saturated heterocycles. The number of fused-ring (bicyclic) bond motifs is 1. The normalized spacial score (nSPS) is 19.0. The quantitative estimate of drug-likeness (QED) is 0.187. The highest BCUT2D eigenvalue weighted by atomic mass is 35.5. The van der Waals surface area contributed by atoms with Crippen LogP contribution in [0, 0.1) is 11.7 Å². The first-order valence-electron chi connectivity index (χ1n) is 15.8. The first-order valence-corrected chi connectivity index (χ1v) is 16.2. The van der Waals surface area contributed by atoms with Crippen LogP contribution in [0.5, 0.6) is 0 Å². The number of nitrogens with zero attached hydrogens (tertiary/aromatic N) is 3. The average Bonchev–Trinajstić information content (AvgIpc) is 3.44. The lowest BCUT2D eigenvalue weighted by Gasteiger charge is -2.32. The van der Waals surface area contributed by atoms with Gasteiger partial charge in [0.15, 0.2) is 5.82 Å². The molecule has 2 aliphatic heterocycles. The van der Waals surface area contributed by atoms with Gasteiger partial charge in [0.1, 0.15) is 11.5 Å². The first kappa shape index (κ1) is 30.5. The molecule has 0 bridgehead atoms. The van der Waals surface area contributed by atoms with Gasteiger partial charge in [-0.3, -0.25) is 9.56 Å². The van der Waals surface area contributed by atoms with E-state index in [1.54, 1.807) is 12.3 Å². The van der Waals surface area contributed by atoms with Gasteiger partial charge >= 0.3 is 5.69 Å². The van der Waals surface area contributed by atoms with Crippen molar-refractivity contribution in [2.24, 2.45) is 10.9 Å². The summed E-state index contributed by atoms with van der Waals surface area (Å²) in [6.07, 6.45) is 8.03. The average molecular weight is 618 g/mol. The molecule has 2 atom stereocenters. The molecule has 2 aromatic carbocycles. The van der Waals surface area contributed by atoms with Gasteiger partial charge in [0, 0.05) is 42.3 Å². The molecule has 0 aliphatic carbocycles. The second kappa shape index (κ2) is 13.6. The van der Waals surface area contributed by atoms with Crippen molar-refractivity contribution >= 4 is 28.5 Å². The fourth-order valence-corrected chi connectivity index (χ4v) is 6.47. The molecule has 0 amide bonds. The number of aromatic amines is 1. The molecule has 1 fully saturated rings. The molecule has 10 heteroatoms. The van der Waals surface area contributed by atoms with Crippen LogP contribution in [0.15, 0.2) is 58.4 Å². The number of aryl methyl sites for hydroxylation is 1. The number of halogens is 2. The predicted molar refractivity (Wildman–Crippen MR) is 177 cm³/mol. The van der Waals surface area contributed by atoms with Crippen LogP contribution >= 0.6 is 11.6 Å². The summed E-state index contributed by atoms with van der Waals surface area (Å²) < 4.78 is 16.7. The summed E-state index contributed by atoms with van der Waals surface area (Å²) in [7, 11) is 0. The molecule has 232 valence electrons. The van der Waals surface area contributed by atoms with Crippen molar-refractivity contribution < 1.29 is 4.39 Å². The fourth-order valence-electron chi connectivity index (χ4n) is 6.23. The van der Waals surface area contributed by atoms with E-state index >= 15 is 4.39 Å². The molecule has 4 N–H and O–H groups in total. The minimum Gasteiger partial charge on any atom is -0.371 e. The number of hydrogen-bond acceptors (Lipinski definition) is 6. The maximum atomic E-state index is 15.2. The first-order chi connectivity index (χ1) is 21.3. The van der Waals surface area contributed by atoms with Crippen molar-refractivity contribution in [3.63, 3.8) is 0 Å². The van der Waals surface area contributed by atoms with Crippen LogP contribution in [0.4, 0.5) is 4.39 Å². The fraction of sp³-hybridized carbons (Fsp3) is 0.441. The van der Waals surface area contributed by atoms with E-state index in [1.165, 1.54) is 10.1 Å². The van der Waals surface area contributed by atoms with Crippen LogP contribution in [0.1, 0.15) is 63.1 Å². The molecule has 0 unspecified atom stereocenters. The number of nitrogens with one attached hydrogen (secondary N) is 4. The van der Waals surface area contributed by atoms with Crippen LogP contribution in [-0.2, 0) is 6.42 Å². The maximum absolute atomic E-state index is 15.2. The van der Waals surface area contributed by atoms with E-state index in [1.807, 2.05) is 24.3 Å². The molecule has 4 heterocycles. The summed E-state index contributed by atoms with van der Waals surface area (Å²) in [5.74, 6) is 1.17. The number of aliphatic imine (C=N–C) groups is 1. The highest BCUT2D eigenvalue weighted by molar-refractivity contribution is 6.31. The van der Waals surface area contributed by atoms with Gasteiger partial charge in [0.05, 0.1) is 29.5 Å². The Bertz CT molecular complexity index is 1690. The number of aromatic nitrogens is 3. The van der Waals surface area contributed by atoms with Gasteiger partial charge in [-0.05, 0) is 79.5 Å². The number of hydrogen-bond donors (Lipinski definition) is 4.